The molecule has 0 amide bonds. The lowest BCUT2D eigenvalue weighted by atomic mass is 9.99. The van der Waals surface area contributed by atoms with Gasteiger partial charge in [0, 0.05) is 5.02 Å². The third-order valence-corrected chi connectivity index (χ3v) is 2.33. The number of benzene rings is 1. The summed E-state index contributed by atoms with van der Waals surface area (Å²) in [5, 5.41) is 0.471. The molecule has 0 aliphatic heterocycles. The maximum absolute atomic E-state index is 13.5. The average Bonchev–Trinajstić information content (AvgIpc) is 2.07. The van der Waals surface area contributed by atoms with Gasteiger partial charge in [-0.25, -0.2) is 10.3 Å². The third-order valence-electron chi connectivity index (χ3n) is 1.98. The summed E-state index contributed by atoms with van der Waals surface area (Å²) in [6, 6.07) is 4.99. The van der Waals surface area contributed by atoms with Crippen LogP contribution in [-0.4, -0.2) is 0 Å². The van der Waals surface area contributed by atoms with Crippen molar-refractivity contribution in [3.63, 3.8) is 0 Å². The fourth-order valence-electron chi connectivity index (χ4n) is 1.12. The molecule has 0 radical (unpaired) electrons. The molecule has 0 unspecified atom stereocenters. The lowest BCUT2D eigenvalue weighted by Crippen LogP contribution is -2.09. The van der Waals surface area contributed by atoms with Crippen molar-refractivity contribution in [1.29, 1.82) is 0 Å². The van der Waals surface area contributed by atoms with Crippen molar-refractivity contribution in [1.82, 2.24) is 0 Å². The van der Waals surface area contributed by atoms with Crippen molar-refractivity contribution in [3.8, 4) is 0 Å². The Morgan fingerprint density at radius 2 is 2.14 bits per heavy atom. The predicted octanol–water partition coefficient (Wildman–Crippen LogP) is 2.93. The molecule has 0 spiro atoms. The summed E-state index contributed by atoms with van der Waals surface area (Å²) < 4.78 is 13.5. The molecule has 78 valence electrons. The van der Waals surface area contributed by atoms with E-state index in [2.05, 4.69) is 4.84 Å². The molecular formula is C10H13ClFNO. The Labute approximate surface area is 87.8 Å². The first-order valence-corrected chi connectivity index (χ1v) is 4.62. The van der Waals surface area contributed by atoms with E-state index in [9.17, 15) is 4.39 Å². The Morgan fingerprint density at radius 1 is 1.50 bits per heavy atom. The Bertz CT molecular complexity index is 322. The van der Waals surface area contributed by atoms with Crippen molar-refractivity contribution >= 4 is 11.6 Å². The van der Waals surface area contributed by atoms with Gasteiger partial charge in [-0.05, 0) is 31.0 Å². The first kappa shape index (κ1) is 11.4. The number of halogens is 2. The van der Waals surface area contributed by atoms with Gasteiger partial charge in [0.25, 0.3) is 0 Å². The van der Waals surface area contributed by atoms with Crippen LogP contribution < -0.4 is 5.90 Å². The smallest absolute Gasteiger partial charge is 0.130 e. The quantitative estimate of drug-likeness (QED) is 0.791. The minimum Gasteiger partial charge on any atom is -0.300 e. The van der Waals surface area contributed by atoms with Gasteiger partial charge in [-0.15, -0.1) is 0 Å². The van der Waals surface area contributed by atoms with Crippen LogP contribution in [0.5, 0.6) is 0 Å². The zero-order valence-corrected chi connectivity index (χ0v) is 8.94. The van der Waals surface area contributed by atoms with Crippen LogP contribution in [0.4, 0.5) is 4.39 Å². The van der Waals surface area contributed by atoms with E-state index in [1.54, 1.807) is 18.2 Å². The molecule has 0 saturated carbocycles. The van der Waals surface area contributed by atoms with Gasteiger partial charge < -0.3 is 0 Å². The van der Waals surface area contributed by atoms with Crippen LogP contribution in [0.1, 0.15) is 25.0 Å². The minimum atomic E-state index is -1.38. The second-order valence-electron chi connectivity index (χ2n) is 3.59. The highest BCUT2D eigenvalue weighted by molar-refractivity contribution is 6.31. The van der Waals surface area contributed by atoms with Crippen LogP contribution in [0.3, 0.4) is 0 Å². The summed E-state index contributed by atoms with van der Waals surface area (Å²) in [6.45, 7) is 3.20. The maximum atomic E-state index is 13.5. The number of hydrogen-bond donors (Lipinski definition) is 1. The van der Waals surface area contributed by atoms with Crippen molar-refractivity contribution in [2.24, 2.45) is 5.90 Å². The van der Waals surface area contributed by atoms with Gasteiger partial charge >= 0.3 is 0 Å². The van der Waals surface area contributed by atoms with E-state index in [0.717, 1.165) is 5.56 Å². The van der Waals surface area contributed by atoms with E-state index >= 15 is 0 Å². The van der Waals surface area contributed by atoms with Gasteiger partial charge in [-0.1, -0.05) is 23.7 Å². The summed E-state index contributed by atoms with van der Waals surface area (Å²) in [7, 11) is 0. The summed E-state index contributed by atoms with van der Waals surface area (Å²) >= 11 is 5.91. The van der Waals surface area contributed by atoms with Crippen molar-refractivity contribution in [2.75, 3.05) is 0 Å². The van der Waals surface area contributed by atoms with E-state index < -0.39 is 5.67 Å². The lowest BCUT2D eigenvalue weighted by Gasteiger charge is -2.15. The molecule has 0 heterocycles. The minimum absolute atomic E-state index is 0.228. The zero-order valence-electron chi connectivity index (χ0n) is 8.18. The highest BCUT2D eigenvalue weighted by atomic mass is 35.5. The molecular weight excluding hydrogens is 205 g/mol. The molecule has 0 aliphatic rings. The maximum Gasteiger partial charge on any atom is 0.130 e. The molecule has 0 bridgehead atoms. The first-order chi connectivity index (χ1) is 6.45. The first-order valence-electron chi connectivity index (χ1n) is 4.24. The summed E-state index contributed by atoms with van der Waals surface area (Å²) in [6.07, 6.45) is 0. The third kappa shape index (κ3) is 2.67. The molecule has 1 aromatic rings. The van der Waals surface area contributed by atoms with E-state index in [1.165, 1.54) is 13.8 Å². The largest absolute Gasteiger partial charge is 0.300 e. The molecule has 0 atom stereocenters. The molecule has 1 rings (SSSR count). The van der Waals surface area contributed by atoms with Gasteiger partial charge in [0.2, 0.25) is 0 Å². The fraction of sp³-hybridized carbons (Fsp3) is 0.400. The highest BCUT2D eigenvalue weighted by Crippen LogP contribution is 2.28. The van der Waals surface area contributed by atoms with Gasteiger partial charge in [-0.2, -0.15) is 0 Å². The SMILES string of the molecule is CC(C)(F)c1ccc(CON)c(Cl)c1. The standard InChI is InChI=1S/C10H13ClFNO/c1-10(2,12)8-4-3-7(6-14-13)9(11)5-8/h3-5H,6,13H2,1-2H3. The molecule has 2 N–H and O–H groups in total. The van der Waals surface area contributed by atoms with Gasteiger partial charge in [0.1, 0.15) is 5.67 Å². The molecule has 14 heavy (non-hydrogen) atoms. The number of hydrogen-bond acceptors (Lipinski definition) is 2. The monoisotopic (exact) mass is 217 g/mol. The Morgan fingerprint density at radius 3 is 2.57 bits per heavy atom. The highest BCUT2D eigenvalue weighted by Gasteiger charge is 2.19. The van der Waals surface area contributed by atoms with Crippen LogP contribution >= 0.6 is 11.6 Å². The van der Waals surface area contributed by atoms with Crippen LogP contribution in [-0.2, 0) is 17.1 Å². The van der Waals surface area contributed by atoms with Crippen molar-refractivity contribution in [2.45, 2.75) is 26.1 Å². The summed E-state index contributed by atoms with van der Waals surface area (Å²) in [5.41, 5.74) is -0.0865. The second-order valence-corrected chi connectivity index (χ2v) is 4.00. The Kier molecular flexibility index (Phi) is 3.48. The lowest BCUT2D eigenvalue weighted by molar-refractivity contribution is 0.124. The van der Waals surface area contributed by atoms with Crippen LogP contribution in [0, 0.1) is 0 Å². The molecule has 2 nitrogen and oxygen atoms in total. The number of rotatable bonds is 3. The average molecular weight is 218 g/mol. The van der Waals surface area contributed by atoms with Crippen LogP contribution in [0.25, 0.3) is 0 Å². The van der Waals surface area contributed by atoms with Crippen molar-refractivity contribution in [3.05, 3.63) is 34.3 Å². The van der Waals surface area contributed by atoms with Crippen LogP contribution in [0.15, 0.2) is 18.2 Å². The van der Waals surface area contributed by atoms with Crippen LogP contribution in [0.2, 0.25) is 5.02 Å². The number of alkyl halides is 1. The fourth-order valence-corrected chi connectivity index (χ4v) is 1.36. The summed E-state index contributed by atoms with van der Waals surface area (Å²) in [5.74, 6) is 4.92. The molecule has 0 aliphatic carbocycles. The number of nitrogens with two attached hydrogens (primary N) is 1. The molecule has 0 saturated heterocycles. The summed E-state index contributed by atoms with van der Waals surface area (Å²) in [4.78, 5) is 4.46. The Hall–Kier alpha value is -0.640. The van der Waals surface area contributed by atoms with E-state index in [0.29, 0.717) is 10.6 Å². The van der Waals surface area contributed by atoms with Gasteiger partial charge in [0.15, 0.2) is 0 Å². The zero-order chi connectivity index (χ0) is 10.8. The topological polar surface area (TPSA) is 35.2 Å². The molecule has 4 heteroatoms. The Balaban J connectivity index is 3.01. The normalized spacial score (nSPS) is 11.8. The van der Waals surface area contributed by atoms with Gasteiger partial charge in [0.05, 0.1) is 6.61 Å². The predicted molar refractivity (Wildman–Crippen MR) is 54.6 cm³/mol. The molecule has 0 aromatic heterocycles. The van der Waals surface area contributed by atoms with E-state index in [1.807, 2.05) is 0 Å². The second kappa shape index (κ2) is 4.26. The van der Waals surface area contributed by atoms with E-state index in [4.69, 9.17) is 17.5 Å². The van der Waals surface area contributed by atoms with Crippen molar-refractivity contribution < 1.29 is 9.23 Å². The molecule has 0 fully saturated rings. The van der Waals surface area contributed by atoms with E-state index in [-0.39, 0.29) is 6.61 Å². The molecule has 1 aromatic carbocycles. The van der Waals surface area contributed by atoms with Gasteiger partial charge in [-0.3, -0.25) is 4.84 Å².